The van der Waals surface area contributed by atoms with Crippen molar-refractivity contribution in [1.82, 2.24) is 0 Å². The van der Waals surface area contributed by atoms with Crippen molar-refractivity contribution in [2.45, 2.75) is 37.4 Å². The van der Waals surface area contributed by atoms with E-state index >= 15 is 0 Å². The zero-order valence-corrected chi connectivity index (χ0v) is 10.4. The Hall–Kier alpha value is -1.23. The molecular formula is C12H17NO3S. The normalized spacial score (nSPS) is 17.9. The molecule has 17 heavy (non-hydrogen) atoms. The van der Waals surface area contributed by atoms with E-state index in [1.165, 1.54) is 6.07 Å². The highest BCUT2D eigenvalue weighted by molar-refractivity contribution is 7.93. The molecule has 0 spiro atoms. The molecule has 0 saturated heterocycles. The fourth-order valence-electron chi connectivity index (χ4n) is 2.17. The highest BCUT2D eigenvalue weighted by atomic mass is 32.2. The summed E-state index contributed by atoms with van der Waals surface area (Å²) in [6, 6.07) is 6.39. The number of nitrogens with one attached hydrogen (secondary N) is 1. The lowest BCUT2D eigenvalue weighted by Gasteiger charge is -2.22. The molecule has 4 nitrogen and oxygen atoms in total. The summed E-state index contributed by atoms with van der Waals surface area (Å²) in [4.78, 5) is 0. The number of phenolic OH excluding ortho intramolecular Hbond substituents is 1. The molecule has 1 saturated carbocycles. The van der Waals surface area contributed by atoms with Crippen LogP contribution in [-0.4, -0.2) is 18.8 Å². The first kappa shape index (κ1) is 12.2. The molecule has 0 radical (unpaired) electrons. The first-order valence-electron chi connectivity index (χ1n) is 5.89. The Labute approximate surface area is 102 Å². The van der Waals surface area contributed by atoms with Gasteiger partial charge in [-0.25, -0.2) is 8.42 Å². The topological polar surface area (TPSA) is 66.4 Å². The van der Waals surface area contributed by atoms with Crippen molar-refractivity contribution in [3.05, 3.63) is 24.3 Å². The number of para-hydroxylation sites is 2. The van der Waals surface area contributed by atoms with Gasteiger partial charge in [-0.15, -0.1) is 0 Å². The van der Waals surface area contributed by atoms with Gasteiger partial charge in [0.15, 0.2) is 0 Å². The van der Waals surface area contributed by atoms with Crippen LogP contribution in [0.25, 0.3) is 0 Å². The Kier molecular flexibility index (Phi) is 3.57. The van der Waals surface area contributed by atoms with E-state index in [1.54, 1.807) is 18.2 Å². The molecule has 1 aromatic rings. The van der Waals surface area contributed by atoms with Gasteiger partial charge in [0.05, 0.1) is 10.9 Å². The summed E-state index contributed by atoms with van der Waals surface area (Å²) in [5.41, 5.74) is 0.262. The van der Waals surface area contributed by atoms with Crippen LogP contribution in [0.3, 0.4) is 0 Å². The first-order chi connectivity index (χ1) is 8.09. The van der Waals surface area contributed by atoms with Crippen LogP contribution in [0.4, 0.5) is 5.69 Å². The van der Waals surface area contributed by atoms with E-state index in [0.717, 1.165) is 19.3 Å². The van der Waals surface area contributed by atoms with Gasteiger partial charge in [-0.05, 0) is 25.0 Å². The van der Waals surface area contributed by atoms with Crippen LogP contribution >= 0.6 is 0 Å². The van der Waals surface area contributed by atoms with Crippen LogP contribution in [0.15, 0.2) is 24.3 Å². The molecule has 5 heteroatoms. The Morgan fingerprint density at radius 1 is 1.12 bits per heavy atom. The van der Waals surface area contributed by atoms with Crippen molar-refractivity contribution in [2.24, 2.45) is 0 Å². The van der Waals surface area contributed by atoms with Crippen molar-refractivity contribution in [1.29, 1.82) is 0 Å². The quantitative estimate of drug-likeness (QED) is 0.815. The van der Waals surface area contributed by atoms with E-state index in [2.05, 4.69) is 4.72 Å². The van der Waals surface area contributed by atoms with Gasteiger partial charge in [0.25, 0.3) is 0 Å². The van der Waals surface area contributed by atoms with Gasteiger partial charge in [-0.1, -0.05) is 31.4 Å². The number of aromatic hydroxyl groups is 1. The van der Waals surface area contributed by atoms with E-state index < -0.39 is 10.0 Å². The van der Waals surface area contributed by atoms with Crippen molar-refractivity contribution in [3.8, 4) is 5.75 Å². The molecule has 1 aliphatic carbocycles. The maximum Gasteiger partial charge on any atom is 0.235 e. The van der Waals surface area contributed by atoms with Gasteiger partial charge >= 0.3 is 0 Å². The molecule has 0 aliphatic heterocycles. The maximum absolute atomic E-state index is 12.1. The van der Waals surface area contributed by atoms with E-state index in [-0.39, 0.29) is 16.7 Å². The molecule has 0 amide bonds. The van der Waals surface area contributed by atoms with Crippen molar-refractivity contribution < 1.29 is 13.5 Å². The molecule has 0 unspecified atom stereocenters. The van der Waals surface area contributed by atoms with Crippen LogP contribution in [0, 0.1) is 0 Å². The number of rotatable bonds is 3. The van der Waals surface area contributed by atoms with Gasteiger partial charge < -0.3 is 5.11 Å². The second kappa shape index (κ2) is 4.96. The highest BCUT2D eigenvalue weighted by Crippen LogP contribution is 2.28. The number of phenols is 1. The molecular weight excluding hydrogens is 238 g/mol. The molecule has 2 rings (SSSR count). The highest BCUT2D eigenvalue weighted by Gasteiger charge is 2.27. The van der Waals surface area contributed by atoms with Crippen LogP contribution in [0.2, 0.25) is 0 Å². The average Bonchev–Trinajstić information content (AvgIpc) is 2.33. The predicted molar refractivity (Wildman–Crippen MR) is 67.5 cm³/mol. The Balaban J connectivity index is 2.14. The Morgan fingerprint density at radius 2 is 1.76 bits per heavy atom. The second-order valence-corrected chi connectivity index (χ2v) is 6.39. The smallest absolute Gasteiger partial charge is 0.235 e. The molecule has 0 bridgehead atoms. The summed E-state index contributed by atoms with van der Waals surface area (Å²) >= 11 is 0. The standard InChI is InChI=1S/C12H17NO3S/c14-12-9-5-4-8-11(12)13-17(15,16)10-6-2-1-3-7-10/h4-5,8-10,13-14H,1-3,6-7H2. The number of anilines is 1. The molecule has 0 heterocycles. The zero-order valence-electron chi connectivity index (χ0n) is 9.59. The van der Waals surface area contributed by atoms with Crippen molar-refractivity contribution in [2.75, 3.05) is 4.72 Å². The molecule has 0 aromatic heterocycles. The summed E-state index contributed by atoms with van der Waals surface area (Å²) in [6.45, 7) is 0. The van der Waals surface area contributed by atoms with Gasteiger partial charge in [0, 0.05) is 0 Å². The minimum absolute atomic E-state index is 0.0353. The fourth-order valence-corrected chi connectivity index (χ4v) is 3.77. The lowest BCUT2D eigenvalue weighted by atomic mass is 10.0. The molecule has 2 N–H and O–H groups in total. The number of sulfonamides is 1. The summed E-state index contributed by atoms with van der Waals surface area (Å²) in [5.74, 6) is -0.0353. The molecule has 1 aliphatic rings. The van der Waals surface area contributed by atoms with Crippen LogP contribution in [-0.2, 0) is 10.0 Å². The average molecular weight is 255 g/mol. The van der Waals surface area contributed by atoms with E-state index in [4.69, 9.17) is 0 Å². The maximum atomic E-state index is 12.1. The van der Waals surface area contributed by atoms with E-state index in [0.29, 0.717) is 12.8 Å². The summed E-state index contributed by atoms with van der Waals surface area (Å²) in [7, 11) is -3.37. The molecule has 94 valence electrons. The second-order valence-electron chi connectivity index (χ2n) is 4.42. The number of benzene rings is 1. The predicted octanol–water partition coefficient (Wildman–Crippen LogP) is 2.47. The van der Waals surface area contributed by atoms with Crippen LogP contribution in [0.5, 0.6) is 5.75 Å². The SMILES string of the molecule is O=S(=O)(Nc1ccccc1O)C1CCCCC1. The van der Waals surface area contributed by atoms with E-state index in [1.807, 2.05) is 0 Å². The lowest BCUT2D eigenvalue weighted by molar-refractivity contribution is 0.475. The van der Waals surface area contributed by atoms with Crippen LogP contribution in [0.1, 0.15) is 32.1 Å². The van der Waals surface area contributed by atoms with Crippen molar-refractivity contribution >= 4 is 15.7 Å². The fraction of sp³-hybridized carbons (Fsp3) is 0.500. The third-order valence-corrected chi connectivity index (χ3v) is 5.00. The Bertz CT molecular complexity index is 478. The third-order valence-electron chi connectivity index (χ3n) is 3.15. The Morgan fingerprint density at radius 3 is 2.41 bits per heavy atom. The summed E-state index contributed by atoms with van der Waals surface area (Å²) < 4.78 is 26.6. The number of hydrogen-bond acceptors (Lipinski definition) is 3. The third kappa shape index (κ3) is 2.91. The zero-order chi connectivity index (χ0) is 12.3. The molecule has 1 aromatic carbocycles. The van der Waals surface area contributed by atoms with Gasteiger partial charge in [0.1, 0.15) is 5.75 Å². The summed E-state index contributed by atoms with van der Waals surface area (Å²) in [6.07, 6.45) is 4.47. The number of hydrogen-bond donors (Lipinski definition) is 2. The minimum atomic E-state index is -3.37. The van der Waals surface area contributed by atoms with Crippen LogP contribution < -0.4 is 4.72 Å². The molecule has 0 atom stereocenters. The lowest BCUT2D eigenvalue weighted by Crippen LogP contribution is -2.29. The minimum Gasteiger partial charge on any atom is -0.506 e. The first-order valence-corrected chi connectivity index (χ1v) is 7.44. The van der Waals surface area contributed by atoms with Crippen molar-refractivity contribution in [3.63, 3.8) is 0 Å². The van der Waals surface area contributed by atoms with Gasteiger partial charge in [-0.3, -0.25) is 4.72 Å². The molecule has 1 fully saturated rings. The monoisotopic (exact) mass is 255 g/mol. The van der Waals surface area contributed by atoms with Gasteiger partial charge in [-0.2, -0.15) is 0 Å². The van der Waals surface area contributed by atoms with E-state index in [9.17, 15) is 13.5 Å². The largest absolute Gasteiger partial charge is 0.506 e. The van der Waals surface area contributed by atoms with Gasteiger partial charge in [0.2, 0.25) is 10.0 Å². The summed E-state index contributed by atoms with van der Waals surface area (Å²) in [5, 5.41) is 9.22.